The largest absolute Gasteiger partial charge is 0.384 e. The summed E-state index contributed by atoms with van der Waals surface area (Å²) in [5, 5.41) is 5.62. The summed E-state index contributed by atoms with van der Waals surface area (Å²) in [4.78, 5) is 8.13. The molecule has 1 aromatic carbocycles. The molecule has 0 unspecified atom stereocenters. The van der Waals surface area contributed by atoms with E-state index in [9.17, 15) is 0 Å². The van der Waals surface area contributed by atoms with Gasteiger partial charge in [0.05, 0.1) is 0 Å². The number of nitrogens with two attached hydrogens (primary N) is 1. The van der Waals surface area contributed by atoms with E-state index in [4.69, 9.17) is 5.73 Å². The van der Waals surface area contributed by atoms with Crippen molar-refractivity contribution in [2.75, 3.05) is 11.1 Å². The summed E-state index contributed by atoms with van der Waals surface area (Å²) in [5.41, 5.74) is 7.82. The first-order chi connectivity index (χ1) is 9.72. The van der Waals surface area contributed by atoms with Crippen LogP contribution in [0.4, 0.5) is 11.5 Å². The number of hydrogen-bond acceptors (Lipinski definition) is 4. The van der Waals surface area contributed by atoms with Crippen molar-refractivity contribution in [2.45, 2.75) is 6.54 Å². The van der Waals surface area contributed by atoms with Crippen LogP contribution in [0, 0.1) is 0 Å². The van der Waals surface area contributed by atoms with Gasteiger partial charge < -0.3 is 11.1 Å². The third-order valence-electron chi connectivity index (χ3n) is 3.05. The number of halogens is 1. The Labute approximate surface area is 125 Å². The predicted octanol–water partition coefficient (Wildman–Crippen LogP) is 3.59. The predicted molar refractivity (Wildman–Crippen MR) is 85.4 cm³/mol. The zero-order valence-electron chi connectivity index (χ0n) is 10.7. The minimum Gasteiger partial charge on any atom is -0.384 e. The Morgan fingerprint density at radius 1 is 1.15 bits per heavy atom. The number of nitrogens with one attached hydrogen (secondary N) is 1. The topological polar surface area (TPSA) is 63.8 Å². The van der Waals surface area contributed by atoms with Gasteiger partial charge in [0.15, 0.2) is 0 Å². The minimum absolute atomic E-state index is 0.516. The molecule has 3 rings (SSSR count). The zero-order valence-corrected chi connectivity index (χ0v) is 12.3. The minimum atomic E-state index is 0.516. The van der Waals surface area contributed by atoms with Gasteiger partial charge in [-0.3, -0.25) is 4.98 Å². The van der Waals surface area contributed by atoms with Crippen LogP contribution in [0.15, 0.2) is 53.4 Å². The van der Waals surface area contributed by atoms with E-state index in [1.165, 1.54) is 5.56 Å². The van der Waals surface area contributed by atoms with E-state index in [1.807, 2.05) is 24.5 Å². The van der Waals surface area contributed by atoms with E-state index < -0.39 is 0 Å². The van der Waals surface area contributed by atoms with Gasteiger partial charge in [-0.05, 0) is 39.0 Å². The Hall–Kier alpha value is -2.14. The van der Waals surface area contributed by atoms with Gasteiger partial charge in [-0.1, -0.05) is 12.1 Å². The van der Waals surface area contributed by atoms with E-state index in [1.54, 1.807) is 6.20 Å². The number of benzene rings is 1. The molecule has 3 N–H and O–H groups in total. The molecule has 0 fully saturated rings. The van der Waals surface area contributed by atoms with Crippen LogP contribution in [-0.2, 0) is 6.54 Å². The molecule has 0 saturated carbocycles. The van der Waals surface area contributed by atoms with Crippen LogP contribution >= 0.6 is 15.9 Å². The summed E-state index contributed by atoms with van der Waals surface area (Å²) in [6.45, 7) is 0.730. The molecule has 0 aliphatic rings. The van der Waals surface area contributed by atoms with Gasteiger partial charge >= 0.3 is 0 Å². The summed E-state index contributed by atoms with van der Waals surface area (Å²) < 4.78 is 1.00. The molecule has 20 heavy (non-hydrogen) atoms. The third kappa shape index (κ3) is 2.72. The van der Waals surface area contributed by atoms with Crippen LogP contribution < -0.4 is 11.1 Å². The van der Waals surface area contributed by atoms with Crippen molar-refractivity contribution in [3.05, 3.63) is 59.0 Å². The SMILES string of the molecule is Nc1cc(NCc2ccc3cncc(Br)c3c2)ccn1. The molecule has 0 amide bonds. The molecular formula is C15H13BrN4. The number of aromatic nitrogens is 2. The van der Waals surface area contributed by atoms with Gasteiger partial charge in [0, 0.05) is 46.7 Å². The standard InChI is InChI=1S/C15H13BrN4/c16-14-9-18-8-11-2-1-10(5-13(11)14)7-20-12-3-4-19-15(17)6-12/h1-6,8-9H,7H2,(H3,17,19,20). The first-order valence-electron chi connectivity index (χ1n) is 6.20. The van der Waals surface area contributed by atoms with Crippen molar-refractivity contribution in [3.63, 3.8) is 0 Å². The molecule has 4 nitrogen and oxygen atoms in total. The number of anilines is 2. The van der Waals surface area contributed by atoms with Crippen LogP contribution in [0.2, 0.25) is 0 Å². The number of rotatable bonds is 3. The molecule has 100 valence electrons. The van der Waals surface area contributed by atoms with Crippen LogP contribution in [0.3, 0.4) is 0 Å². The second-order valence-electron chi connectivity index (χ2n) is 4.50. The Morgan fingerprint density at radius 2 is 2.05 bits per heavy atom. The van der Waals surface area contributed by atoms with Crippen molar-refractivity contribution in [1.29, 1.82) is 0 Å². The molecule has 0 aliphatic carbocycles. The second-order valence-corrected chi connectivity index (χ2v) is 5.35. The summed E-state index contributed by atoms with van der Waals surface area (Å²) in [7, 11) is 0. The molecule has 0 aliphatic heterocycles. The second kappa shape index (κ2) is 5.46. The number of pyridine rings is 2. The fourth-order valence-corrected chi connectivity index (χ4v) is 2.51. The zero-order chi connectivity index (χ0) is 13.9. The molecule has 0 bridgehead atoms. The first-order valence-corrected chi connectivity index (χ1v) is 6.99. The Kier molecular flexibility index (Phi) is 3.52. The maximum Gasteiger partial charge on any atom is 0.125 e. The average Bonchev–Trinajstić information content (AvgIpc) is 2.46. The van der Waals surface area contributed by atoms with E-state index in [-0.39, 0.29) is 0 Å². The van der Waals surface area contributed by atoms with Gasteiger partial charge in [-0.25, -0.2) is 4.98 Å². The Balaban J connectivity index is 1.83. The number of fused-ring (bicyclic) bond motifs is 1. The summed E-state index contributed by atoms with van der Waals surface area (Å²) in [6.07, 6.45) is 5.37. The summed E-state index contributed by atoms with van der Waals surface area (Å²) >= 11 is 3.53. The molecule has 0 radical (unpaired) electrons. The quantitative estimate of drug-likeness (QED) is 0.771. The Morgan fingerprint density at radius 3 is 2.90 bits per heavy atom. The molecule has 3 aromatic rings. The van der Waals surface area contributed by atoms with E-state index in [2.05, 4.69) is 49.4 Å². The first kappa shape index (κ1) is 12.9. The lowest BCUT2D eigenvalue weighted by atomic mass is 10.1. The van der Waals surface area contributed by atoms with E-state index >= 15 is 0 Å². The highest BCUT2D eigenvalue weighted by Crippen LogP contribution is 2.24. The summed E-state index contributed by atoms with van der Waals surface area (Å²) in [5.74, 6) is 0.516. The van der Waals surface area contributed by atoms with Gasteiger partial charge in [0.1, 0.15) is 5.82 Å². The van der Waals surface area contributed by atoms with Crippen molar-refractivity contribution >= 4 is 38.2 Å². The highest BCUT2D eigenvalue weighted by molar-refractivity contribution is 9.10. The van der Waals surface area contributed by atoms with Gasteiger partial charge in [-0.2, -0.15) is 0 Å². The normalized spacial score (nSPS) is 10.7. The Bertz CT molecular complexity index is 758. The lowest BCUT2D eigenvalue weighted by Gasteiger charge is -2.08. The molecule has 5 heteroatoms. The molecule has 0 atom stereocenters. The maximum absolute atomic E-state index is 5.66. The van der Waals surface area contributed by atoms with Gasteiger partial charge in [-0.15, -0.1) is 0 Å². The van der Waals surface area contributed by atoms with Gasteiger partial charge in [0.2, 0.25) is 0 Å². The fraction of sp³-hybridized carbons (Fsp3) is 0.0667. The molecular weight excluding hydrogens is 316 g/mol. The fourth-order valence-electron chi connectivity index (χ4n) is 2.05. The molecule has 0 saturated heterocycles. The molecule has 2 heterocycles. The van der Waals surface area contributed by atoms with Crippen LogP contribution in [0.25, 0.3) is 10.8 Å². The monoisotopic (exact) mass is 328 g/mol. The van der Waals surface area contributed by atoms with Crippen LogP contribution in [-0.4, -0.2) is 9.97 Å². The third-order valence-corrected chi connectivity index (χ3v) is 3.69. The lowest BCUT2D eigenvalue weighted by molar-refractivity contribution is 1.15. The van der Waals surface area contributed by atoms with Crippen molar-refractivity contribution < 1.29 is 0 Å². The number of nitrogens with zero attached hydrogens (tertiary/aromatic N) is 2. The van der Waals surface area contributed by atoms with Gasteiger partial charge in [0.25, 0.3) is 0 Å². The highest BCUT2D eigenvalue weighted by Gasteiger charge is 2.01. The maximum atomic E-state index is 5.66. The number of hydrogen-bond donors (Lipinski definition) is 2. The lowest BCUT2D eigenvalue weighted by Crippen LogP contribution is -2.00. The molecule has 2 aromatic heterocycles. The van der Waals surface area contributed by atoms with Crippen LogP contribution in [0.1, 0.15) is 5.56 Å². The highest BCUT2D eigenvalue weighted by atomic mass is 79.9. The van der Waals surface area contributed by atoms with Crippen molar-refractivity contribution in [2.24, 2.45) is 0 Å². The van der Waals surface area contributed by atoms with Crippen molar-refractivity contribution in [1.82, 2.24) is 9.97 Å². The summed E-state index contributed by atoms with van der Waals surface area (Å²) in [6, 6.07) is 10.0. The van der Waals surface area contributed by atoms with Crippen LogP contribution in [0.5, 0.6) is 0 Å². The average molecular weight is 329 g/mol. The smallest absolute Gasteiger partial charge is 0.125 e. The molecule has 0 spiro atoms. The number of nitrogen functional groups attached to an aromatic ring is 1. The van der Waals surface area contributed by atoms with E-state index in [0.717, 1.165) is 27.5 Å². The van der Waals surface area contributed by atoms with Crippen molar-refractivity contribution in [3.8, 4) is 0 Å². The van der Waals surface area contributed by atoms with E-state index in [0.29, 0.717) is 5.82 Å².